The lowest BCUT2D eigenvalue weighted by Gasteiger charge is -2.23. The van der Waals surface area contributed by atoms with E-state index in [4.69, 9.17) is 0 Å². The second kappa shape index (κ2) is 4.90. The van der Waals surface area contributed by atoms with Crippen LogP contribution in [0.25, 0.3) is 5.82 Å². The molecule has 1 aliphatic carbocycles. The van der Waals surface area contributed by atoms with Crippen LogP contribution >= 0.6 is 0 Å². The normalized spacial score (nSPS) is 18.6. The quantitative estimate of drug-likeness (QED) is 0.897. The van der Waals surface area contributed by atoms with Crippen molar-refractivity contribution in [2.24, 2.45) is 0 Å². The highest BCUT2D eigenvalue weighted by molar-refractivity contribution is 5.32. The number of pyridine rings is 1. The van der Waals surface area contributed by atoms with Gasteiger partial charge in [-0.3, -0.25) is 0 Å². The summed E-state index contributed by atoms with van der Waals surface area (Å²) in [6.07, 6.45) is 7.32. The van der Waals surface area contributed by atoms with Crippen LogP contribution < -0.4 is 5.32 Å². The summed E-state index contributed by atoms with van der Waals surface area (Å²) in [5.74, 6) is 0.913. The molecule has 1 unspecified atom stereocenters. The molecule has 0 saturated carbocycles. The Balaban J connectivity index is 2.00. The van der Waals surface area contributed by atoms with E-state index in [9.17, 15) is 0 Å². The highest BCUT2D eigenvalue weighted by Gasteiger charge is 2.24. The lowest BCUT2D eigenvalue weighted by molar-refractivity contribution is 0.466. The van der Waals surface area contributed by atoms with Gasteiger partial charge in [-0.2, -0.15) is 5.10 Å². The Labute approximate surface area is 107 Å². The fourth-order valence-corrected chi connectivity index (χ4v) is 2.69. The lowest BCUT2D eigenvalue weighted by Crippen LogP contribution is -2.25. The highest BCUT2D eigenvalue weighted by atomic mass is 15.3. The zero-order valence-corrected chi connectivity index (χ0v) is 10.6. The van der Waals surface area contributed by atoms with Gasteiger partial charge in [-0.15, -0.1) is 0 Å². The molecule has 4 nitrogen and oxygen atoms in total. The minimum atomic E-state index is 0.455. The van der Waals surface area contributed by atoms with Gasteiger partial charge < -0.3 is 5.32 Å². The Morgan fingerprint density at radius 3 is 3.17 bits per heavy atom. The summed E-state index contributed by atoms with van der Waals surface area (Å²) in [5.41, 5.74) is 2.65. The molecule has 2 heterocycles. The molecule has 94 valence electrons. The molecule has 3 rings (SSSR count). The predicted octanol–water partition coefficient (Wildman–Crippen LogP) is 2.25. The van der Waals surface area contributed by atoms with Gasteiger partial charge in [-0.1, -0.05) is 13.0 Å². The van der Waals surface area contributed by atoms with Gasteiger partial charge in [0.25, 0.3) is 0 Å². The first kappa shape index (κ1) is 11.4. The van der Waals surface area contributed by atoms with Crippen LogP contribution in [0.5, 0.6) is 0 Å². The molecule has 0 aromatic carbocycles. The van der Waals surface area contributed by atoms with Crippen LogP contribution in [0.15, 0.2) is 30.6 Å². The molecule has 2 aromatic heterocycles. The second-order valence-corrected chi connectivity index (χ2v) is 4.65. The fraction of sp³-hybridized carbons (Fsp3) is 0.429. The zero-order valence-electron chi connectivity index (χ0n) is 10.6. The molecule has 1 atom stereocenters. The third kappa shape index (κ3) is 1.93. The topological polar surface area (TPSA) is 42.7 Å². The molecule has 0 spiro atoms. The van der Waals surface area contributed by atoms with Crippen molar-refractivity contribution in [1.29, 1.82) is 0 Å². The van der Waals surface area contributed by atoms with Crippen LogP contribution in [0, 0.1) is 0 Å². The first-order valence-corrected chi connectivity index (χ1v) is 6.61. The van der Waals surface area contributed by atoms with Gasteiger partial charge in [0.2, 0.25) is 0 Å². The molecule has 0 amide bonds. The maximum Gasteiger partial charge on any atom is 0.153 e. The lowest BCUT2D eigenvalue weighted by atomic mass is 9.93. The zero-order chi connectivity index (χ0) is 12.4. The van der Waals surface area contributed by atoms with Gasteiger partial charge >= 0.3 is 0 Å². The monoisotopic (exact) mass is 242 g/mol. The van der Waals surface area contributed by atoms with Crippen LogP contribution in [-0.4, -0.2) is 21.3 Å². The molecular weight excluding hydrogens is 224 g/mol. The molecular formula is C14H18N4. The van der Waals surface area contributed by atoms with Crippen molar-refractivity contribution >= 4 is 0 Å². The molecule has 0 saturated heterocycles. The van der Waals surface area contributed by atoms with Gasteiger partial charge in [0.1, 0.15) is 0 Å². The molecule has 0 bridgehead atoms. The standard InChI is InChI=1S/C14H18N4/c1-2-15-12-6-5-7-13-11(12)10-17-18(13)14-8-3-4-9-16-14/h3-4,8-10,12,15H,2,5-7H2,1H3. The molecule has 18 heavy (non-hydrogen) atoms. The van der Waals surface area contributed by atoms with E-state index in [2.05, 4.69) is 22.3 Å². The summed E-state index contributed by atoms with van der Waals surface area (Å²) < 4.78 is 1.98. The Bertz CT molecular complexity index is 518. The van der Waals surface area contributed by atoms with E-state index in [1.54, 1.807) is 0 Å². The predicted molar refractivity (Wildman–Crippen MR) is 70.7 cm³/mol. The first-order valence-electron chi connectivity index (χ1n) is 6.61. The van der Waals surface area contributed by atoms with Crippen LogP contribution in [0.2, 0.25) is 0 Å². The van der Waals surface area contributed by atoms with Gasteiger partial charge in [0.15, 0.2) is 5.82 Å². The Morgan fingerprint density at radius 1 is 1.44 bits per heavy atom. The van der Waals surface area contributed by atoms with E-state index in [0.717, 1.165) is 18.8 Å². The Morgan fingerprint density at radius 2 is 2.39 bits per heavy atom. The summed E-state index contributed by atoms with van der Waals surface area (Å²) in [6.45, 7) is 3.15. The highest BCUT2D eigenvalue weighted by Crippen LogP contribution is 2.30. The van der Waals surface area contributed by atoms with Gasteiger partial charge in [-0.05, 0) is 37.9 Å². The van der Waals surface area contributed by atoms with E-state index < -0.39 is 0 Å². The molecule has 4 heteroatoms. The Hall–Kier alpha value is -1.68. The summed E-state index contributed by atoms with van der Waals surface area (Å²) in [6, 6.07) is 6.39. The summed E-state index contributed by atoms with van der Waals surface area (Å²) >= 11 is 0. The molecule has 0 radical (unpaired) electrons. The fourth-order valence-electron chi connectivity index (χ4n) is 2.69. The number of fused-ring (bicyclic) bond motifs is 1. The maximum atomic E-state index is 4.51. The number of nitrogens with zero attached hydrogens (tertiary/aromatic N) is 3. The van der Waals surface area contributed by atoms with Crippen LogP contribution in [0.1, 0.15) is 37.1 Å². The smallest absolute Gasteiger partial charge is 0.153 e. The van der Waals surface area contributed by atoms with E-state index in [-0.39, 0.29) is 0 Å². The minimum absolute atomic E-state index is 0.455. The maximum absolute atomic E-state index is 4.51. The Kier molecular flexibility index (Phi) is 3.11. The largest absolute Gasteiger partial charge is 0.310 e. The summed E-state index contributed by atoms with van der Waals surface area (Å²) in [5, 5.41) is 8.05. The van der Waals surface area contributed by atoms with Crippen molar-refractivity contribution in [3.8, 4) is 5.82 Å². The van der Waals surface area contributed by atoms with Crippen molar-refractivity contribution in [1.82, 2.24) is 20.1 Å². The van der Waals surface area contributed by atoms with Crippen molar-refractivity contribution in [2.75, 3.05) is 6.54 Å². The number of aromatic nitrogens is 3. The molecule has 1 N–H and O–H groups in total. The second-order valence-electron chi connectivity index (χ2n) is 4.65. The number of hydrogen-bond donors (Lipinski definition) is 1. The molecule has 0 fully saturated rings. The summed E-state index contributed by atoms with van der Waals surface area (Å²) in [7, 11) is 0. The molecule has 0 aliphatic heterocycles. The molecule has 2 aromatic rings. The van der Waals surface area contributed by atoms with E-state index in [1.165, 1.54) is 24.1 Å². The van der Waals surface area contributed by atoms with Gasteiger partial charge in [0.05, 0.1) is 11.9 Å². The van der Waals surface area contributed by atoms with E-state index in [1.807, 2.05) is 35.3 Å². The summed E-state index contributed by atoms with van der Waals surface area (Å²) in [4.78, 5) is 4.38. The first-order chi connectivity index (χ1) is 8.90. The molecule has 1 aliphatic rings. The minimum Gasteiger partial charge on any atom is -0.310 e. The van der Waals surface area contributed by atoms with Crippen LogP contribution in [0.4, 0.5) is 0 Å². The van der Waals surface area contributed by atoms with Crippen molar-refractivity contribution in [3.05, 3.63) is 41.9 Å². The van der Waals surface area contributed by atoms with E-state index >= 15 is 0 Å². The third-order valence-electron chi connectivity index (χ3n) is 3.50. The number of nitrogens with one attached hydrogen (secondary N) is 1. The van der Waals surface area contributed by atoms with Crippen LogP contribution in [-0.2, 0) is 6.42 Å². The van der Waals surface area contributed by atoms with Crippen molar-refractivity contribution < 1.29 is 0 Å². The van der Waals surface area contributed by atoms with Gasteiger partial charge in [-0.25, -0.2) is 9.67 Å². The average Bonchev–Trinajstić information content (AvgIpc) is 2.85. The van der Waals surface area contributed by atoms with E-state index in [0.29, 0.717) is 6.04 Å². The van der Waals surface area contributed by atoms with Gasteiger partial charge in [0, 0.05) is 17.8 Å². The number of hydrogen-bond acceptors (Lipinski definition) is 3. The van der Waals surface area contributed by atoms with Crippen molar-refractivity contribution in [3.63, 3.8) is 0 Å². The SMILES string of the molecule is CCNC1CCCc2c1cnn2-c1ccccn1. The third-order valence-corrected chi connectivity index (χ3v) is 3.50. The van der Waals surface area contributed by atoms with Crippen LogP contribution in [0.3, 0.4) is 0 Å². The van der Waals surface area contributed by atoms with Crippen molar-refractivity contribution in [2.45, 2.75) is 32.2 Å². The average molecular weight is 242 g/mol. The number of rotatable bonds is 3.